The van der Waals surface area contributed by atoms with Gasteiger partial charge in [0.15, 0.2) is 0 Å². The second kappa shape index (κ2) is 11.7. The standard InChI is InChI=1S/C23H29Cl2N3O4S/c1-16-20(25)7-5-8-21(16)28(33(4,31)32)14-6-9-22(29)27(17(2)23(30)26-3)15-18-10-12-19(24)13-11-18/h5,7-8,10-13,17H,6,9,14-15H2,1-4H3,(H,26,30). The highest BCUT2D eigenvalue weighted by molar-refractivity contribution is 7.92. The number of nitrogens with zero attached hydrogens (tertiary/aromatic N) is 2. The van der Waals surface area contributed by atoms with Gasteiger partial charge in [0.1, 0.15) is 6.04 Å². The Bertz CT molecular complexity index is 1090. The Morgan fingerprint density at radius 3 is 2.30 bits per heavy atom. The van der Waals surface area contributed by atoms with Crippen molar-refractivity contribution in [2.45, 2.75) is 39.3 Å². The van der Waals surface area contributed by atoms with Gasteiger partial charge in [0.25, 0.3) is 0 Å². The van der Waals surface area contributed by atoms with Crippen LogP contribution in [0.25, 0.3) is 0 Å². The van der Waals surface area contributed by atoms with Gasteiger partial charge in [-0.2, -0.15) is 0 Å². The number of hydrogen-bond donors (Lipinski definition) is 1. The fourth-order valence-electron chi connectivity index (χ4n) is 3.43. The zero-order valence-electron chi connectivity index (χ0n) is 19.1. The number of likely N-dealkylation sites (N-methyl/N-ethyl adjacent to an activating group) is 1. The second-order valence-corrected chi connectivity index (χ2v) is 10.5. The fourth-order valence-corrected chi connectivity index (χ4v) is 4.74. The van der Waals surface area contributed by atoms with Crippen molar-refractivity contribution in [1.82, 2.24) is 10.2 Å². The van der Waals surface area contributed by atoms with Crippen molar-refractivity contribution in [2.75, 3.05) is 24.2 Å². The topological polar surface area (TPSA) is 86.8 Å². The molecule has 0 aromatic heterocycles. The number of rotatable bonds is 10. The van der Waals surface area contributed by atoms with E-state index in [0.29, 0.717) is 21.3 Å². The van der Waals surface area contributed by atoms with Gasteiger partial charge in [-0.3, -0.25) is 13.9 Å². The smallest absolute Gasteiger partial charge is 0.242 e. The molecule has 7 nitrogen and oxygen atoms in total. The number of hydrogen-bond acceptors (Lipinski definition) is 4. The maximum absolute atomic E-state index is 13.1. The van der Waals surface area contributed by atoms with Crippen LogP contribution in [-0.2, 0) is 26.2 Å². The number of sulfonamides is 1. The average Bonchev–Trinajstić information content (AvgIpc) is 2.76. The molecule has 0 saturated carbocycles. The summed E-state index contributed by atoms with van der Waals surface area (Å²) in [7, 11) is -2.07. The van der Waals surface area contributed by atoms with Crippen molar-refractivity contribution < 1.29 is 18.0 Å². The molecule has 2 amide bonds. The van der Waals surface area contributed by atoms with Crippen LogP contribution in [0, 0.1) is 6.92 Å². The third-order valence-electron chi connectivity index (χ3n) is 5.34. The van der Waals surface area contributed by atoms with Crippen LogP contribution in [0.15, 0.2) is 42.5 Å². The van der Waals surface area contributed by atoms with Crippen molar-refractivity contribution in [2.24, 2.45) is 0 Å². The molecule has 1 N–H and O–H groups in total. The van der Waals surface area contributed by atoms with E-state index in [1.54, 1.807) is 56.3 Å². The molecule has 0 spiro atoms. The van der Waals surface area contributed by atoms with Gasteiger partial charge in [0.2, 0.25) is 21.8 Å². The van der Waals surface area contributed by atoms with Crippen molar-refractivity contribution >= 4 is 50.7 Å². The summed E-state index contributed by atoms with van der Waals surface area (Å²) in [6.45, 7) is 3.74. The Balaban J connectivity index is 2.17. The first-order valence-electron chi connectivity index (χ1n) is 10.4. The largest absolute Gasteiger partial charge is 0.357 e. The monoisotopic (exact) mass is 513 g/mol. The number of benzene rings is 2. The minimum atomic E-state index is -3.59. The summed E-state index contributed by atoms with van der Waals surface area (Å²) in [4.78, 5) is 26.8. The number of carbonyl (C=O) groups is 2. The molecular weight excluding hydrogens is 485 g/mol. The van der Waals surface area contributed by atoms with Crippen LogP contribution in [0.1, 0.15) is 30.9 Å². The lowest BCUT2D eigenvalue weighted by Gasteiger charge is -2.29. The molecule has 180 valence electrons. The summed E-state index contributed by atoms with van der Waals surface area (Å²) >= 11 is 12.1. The normalized spacial score (nSPS) is 12.2. The third kappa shape index (κ3) is 7.35. The number of amides is 2. The molecule has 2 aromatic carbocycles. The number of carbonyl (C=O) groups excluding carboxylic acids is 2. The van der Waals surface area contributed by atoms with Crippen molar-refractivity contribution in [3.05, 3.63) is 63.6 Å². The van der Waals surface area contributed by atoms with E-state index in [0.717, 1.165) is 11.8 Å². The SMILES string of the molecule is CNC(=O)C(C)N(Cc1ccc(Cl)cc1)C(=O)CCCN(c1cccc(Cl)c1C)S(C)(=O)=O. The molecule has 0 saturated heterocycles. The van der Waals surface area contributed by atoms with Crippen molar-refractivity contribution in [1.29, 1.82) is 0 Å². The molecule has 0 bridgehead atoms. The van der Waals surface area contributed by atoms with E-state index < -0.39 is 16.1 Å². The number of halogens is 2. The Morgan fingerprint density at radius 1 is 1.09 bits per heavy atom. The number of nitrogens with one attached hydrogen (secondary N) is 1. The zero-order chi connectivity index (χ0) is 24.8. The Hall–Kier alpha value is -2.29. The number of anilines is 1. The fraction of sp³-hybridized carbons (Fsp3) is 0.391. The van der Waals surface area contributed by atoms with Crippen LogP contribution in [0.4, 0.5) is 5.69 Å². The van der Waals surface area contributed by atoms with Gasteiger partial charge in [-0.1, -0.05) is 41.4 Å². The van der Waals surface area contributed by atoms with E-state index in [1.807, 2.05) is 0 Å². The maximum atomic E-state index is 13.1. The maximum Gasteiger partial charge on any atom is 0.242 e. The molecular formula is C23H29Cl2N3O4S. The highest BCUT2D eigenvalue weighted by atomic mass is 35.5. The highest BCUT2D eigenvalue weighted by Crippen LogP contribution is 2.28. The van der Waals surface area contributed by atoms with E-state index in [2.05, 4.69) is 5.32 Å². The lowest BCUT2D eigenvalue weighted by Crippen LogP contribution is -2.46. The van der Waals surface area contributed by atoms with Crippen LogP contribution in [0.3, 0.4) is 0 Å². The summed E-state index contributed by atoms with van der Waals surface area (Å²) in [5, 5.41) is 3.61. The molecule has 2 aromatic rings. The Labute approximate surface area is 205 Å². The van der Waals surface area contributed by atoms with Gasteiger partial charge in [0, 0.05) is 36.6 Å². The third-order valence-corrected chi connectivity index (χ3v) is 7.18. The molecule has 0 heterocycles. The molecule has 1 unspecified atom stereocenters. The molecule has 0 radical (unpaired) electrons. The van der Waals surface area contributed by atoms with E-state index in [9.17, 15) is 18.0 Å². The summed E-state index contributed by atoms with van der Waals surface area (Å²) in [6, 6.07) is 11.4. The van der Waals surface area contributed by atoms with Crippen LogP contribution >= 0.6 is 23.2 Å². The second-order valence-electron chi connectivity index (χ2n) is 7.76. The van der Waals surface area contributed by atoms with Gasteiger partial charge < -0.3 is 10.2 Å². The molecule has 10 heteroatoms. The summed E-state index contributed by atoms with van der Waals surface area (Å²) in [5.41, 5.74) is 1.96. The minimum absolute atomic E-state index is 0.0700. The van der Waals surface area contributed by atoms with Gasteiger partial charge >= 0.3 is 0 Å². The van der Waals surface area contributed by atoms with Gasteiger partial charge in [-0.05, 0) is 55.7 Å². The minimum Gasteiger partial charge on any atom is -0.357 e. The quantitative estimate of drug-likeness (QED) is 0.519. The molecule has 33 heavy (non-hydrogen) atoms. The van der Waals surface area contributed by atoms with E-state index in [1.165, 1.54) is 16.3 Å². The molecule has 0 aliphatic rings. The first-order valence-corrected chi connectivity index (χ1v) is 13.0. The first kappa shape index (κ1) is 27.0. The van der Waals surface area contributed by atoms with Crippen molar-refractivity contribution in [3.63, 3.8) is 0 Å². The van der Waals surface area contributed by atoms with Crippen LogP contribution < -0.4 is 9.62 Å². The van der Waals surface area contributed by atoms with Crippen LogP contribution in [0.2, 0.25) is 10.0 Å². The predicted octanol–water partition coefficient (Wildman–Crippen LogP) is 4.01. The van der Waals surface area contributed by atoms with E-state index >= 15 is 0 Å². The summed E-state index contributed by atoms with van der Waals surface area (Å²) in [6.07, 6.45) is 1.46. The van der Waals surface area contributed by atoms with Gasteiger partial charge in [-0.15, -0.1) is 0 Å². The lowest BCUT2D eigenvalue weighted by molar-refractivity contribution is -0.140. The molecule has 0 fully saturated rings. The first-order chi connectivity index (χ1) is 15.5. The van der Waals surface area contributed by atoms with E-state index in [-0.39, 0.29) is 37.7 Å². The predicted molar refractivity (Wildman–Crippen MR) is 133 cm³/mol. The van der Waals surface area contributed by atoms with Gasteiger partial charge in [-0.25, -0.2) is 8.42 Å². The van der Waals surface area contributed by atoms with Crippen LogP contribution in [0.5, 0.6) is 0 Å². The summed E-state index contributed by atoms with van der Waals surface area (Å²) in [5.74, 6) is -0.540. The lowest BCUT2D eigenvalue weighted by atomic mass is 10.1. The summed E-state index contributed by atoms with van der Waals surface area (Å²) < 4.78 is 26.1. The van der Waals surface area contributed by atoms with E-state index in [4.69, 9.17) is 23.2 Å². The highest BCUT2D eigenvalue weighted by Gasteiger charge is 2.26. The Kier molecular flexibility index (Phi) is 9.57. The average molecular weight is 514 g/mol. The molecule has 0 aliphatic carbocycles. The zero-order valence-corrected chi connectivity index (χ0v) is 21.5. The molecule has 0 aliphatic heterocycles. The molecule has 2 rings (SSSR count). The van der Waals surface area contributed by atoms with Crippen molar-refractivity contribution in [3.8, 4) is 0 Å². The molecule has 1 atom stereocenters. The Morgan fingerprint density at radius 2 is 1.73 bits per heavy atom. The van der Waals surface area contributed by atoms with Crippen LogP contribution in [-0.4, -0.2) is 51.0 Å². The van der Waals surface area contributed by atoms with Gasteiger partial charge in [0.05, 0.1) is 11.9 Å².